The largest absolute Gasteiger partial charge is 0.397 e. The molecule has 0 atom stereocenters. The number of rotatable bonds is 3. The van der Waals surface area contributed by atoms with E-state index in [0.717, 1.165) is 11.1 Å². The molecule has 2 aromatic rings. The summed E-state index contributed by atoms with van der Waals surface area (Å²) < 4.78 is 23.2. The summed E-state index contributed by atoms with van der Waals surface area (Å²) >= 11 is 0. The zero-order valence-corrected chi connectivity index (χ0v) is 11.7. The fourth-order valence-electron chi connectivity index (χ4n) is 2.04. The van der Waals surface area contributed by atoms with Gasteiger partial charge in [-0.1, -0.05) is 18.2 Å². The molecular formula is C13H17N3O2S. The predicted molar refractivity (Wildman–Crippen MR) is 78.5 cm³/mol. The number of anilines is 2. The molecule has 2 rings (SSSR count). The van der Waals surface area contributed by atoms with Gasteiger partial charge in [-0.2, -0.15) is 0 Å². The maximum Gasteiger partial charge on any atom is 0.238 e. The van der Waals surface area contributed by atoms with Crippen molar-refractivity contribution < 1.29 is 8.42 Å². The van der Waals surface area contributed by atoms with Crippen LogP contribution < -0.4 is 16.2 Å². The van der Waals surface area contributed by atoms with Crippen molar-refractivity contribution >= 4 is 32.2 Å². The lowest BCUT2D eigenvalue weighted by molar-refractivity contribution is 0.598. The molecule has 6 heteroatoms. The van der Waals surface area contributed by atoms with E-state index in [-0.39, 0.29) is 10.9 Å². The molecule has 0 aliphatic carbocycles. The molecule has 0 aliphatic rings. The van der Waals surface area contributed by atoms with Crippen LogP contribution in [0.1, 0.15) is 13.8 Å². The van der Waals surface area contributed by atoms with Crippen LogP contribution >= 0.6 is 0 Å². The normalized spacial score (nSPS) is 12.0. The van der Waals surface area contributed by atoms with Crippen molar-refractivity contribution in [3.8, 4) is 0 Å². The highest BCUT2D eigenvalue weighted by molar-refractivity contribution is 7.89. The second-order valence-electron chi connectivity index (χ2n) is 4.73. The Morgan fingerprint density at radius 2 is 1.79 bits per heavy atom. The first kappa shape index (κ1) is 13.6. The number of nitrogens with two attached hydrogens (primary N) is 2. The minimum absolute atomic E-state index is 0.108. The van der Waals surface area contributed by atoms with Gasteiger partial charge in [-0.15, -0.1) is 0 Å². The average molecular weight is 279 g/mol. The van der Waals surface area contributed by atoms with E-state index in [1.54, 1.807) is 18.2 Å². The first-order chi connectivity index (χ1) is 8.80. The average Bonchev–Trinajstić information content (AvgIpc) is 2.30. The third kappa shape index (κ3) is 2.64. The molecule has 0 unspecified atom stereocenters. The molecule has 102 valence electrons. The molecule has 0 bridgehead atoms. The molecule has 0 saturated heterocycles. The van der Waals surface area contributed by atoms with Gasteiger partial charge in [0.15, 0.2) is 0 Å². The van der Waals surface area contributed by atoms with E-state index < -0.39 is 10.0 Å². The van der Waals surface area contributed by atoms with E-state index in [0.29, 0.717) is 11.1 Å². The highest BCUT2D eigenvalue weighted by Gasteiger charge is 2.15. The van der Waals surface area contributed by atoms with Crippen LogP contribution in [0, 0.1) is 0 Å². The number of nitrogens with one attached hydrogen (secondary N) is 1. The Labute approximate surface area is 112 Å². The number of benzene rings is 2. The molecule has 0 saturated carbocycles. The van der Waals surface area contributed by atoms with Gasteiger partial charge >= 0.3 is 0 Å². The monoisotopic (exact) mass is 279 g/mol. The van der Waals surface area contributed by atoms with Gasteiger partial charge in [0.05, 0.1) is 16.3 Å². The second-order valence-corrected chi connectivity index (χ2v) is 6.25. The van der Waals surface area contributed by atoms with Gasteiger partial charge in [-0.25, -0.2) is 13.6 Å². The molecule has 5 nitrogen and oxygen atoms in total. The molecule has 0 aliphatic heterocycles. The molecule has 0 fully saturated rings. The Morgan fingerprint density at radius 1 is 1.11 bits per heavy atom. The van der Waals surface area contributed by atoms with Gasteiger partial charge in [0, 0.05) is 16.8 Å². The smallest absolute Gasteiger partial charge is 0.238 e. The van der Waals surface area contributed by atoms with Crippen molar-refractivity contribution in [3.05, 3.63) is 30.3 Å². The van der Waals surface area contributed by atoms with Gasteiger partial charge in [0.1, 0.15) is 0 Å². The first-order valence-corrected chi connectivity index (χ1v) is 7.46. The van der Waals surface area contributed by atoms with E-state index in [9.17, 15) is 8.42 Å². The van der Waals surface area contributed by atoms with Gasteiger partial charge in [-0.05, 0) is 26.0 Å². The van der Waals surface area contributed by atoms with E-state index in [2.05, 4.69) is 5.32 Å². The summed E-state index contributed by atoms with van der Waals surface area (Å²) in [5.74, 6) is 0. The Morgan fingerprint density at radius 3 is 2.37 bits per heavy atom. The summed E-state index contributed by atoms with van der Waals surface area (Å²) in [6.45, 7) is 3.98. The zero-order valence-electron chi connectivity index (χ0n) is 10.8. The Bertz CT molecular complexity index is 724. The standard InChI is InChI=1S/C13H17N3O2S/c1-8(2)16-13-10-4-3-5-12(19(15,17)18)9(10)6-7-11(13)14/h3-8,16H,14H2,1-2H3,(H2,15,17,18). The first-order valence-electron chi connectivity index (χ1n) is 5.91. The van der Waals surface area contributed by atoms with Crippen molar-refractivity contribution in [2.24, 2.45) is 5.14 Å². The third-order valence-electron chi connectivity index (χ3n) is 2.79. The van der Waals surface area contributed by atoms with Crippen molar-refractivity contribution in [1.29, 1.82) is 0 Å². The number of sulfonamides is 1. The van der Waals surface area contributed by atoms with Crippen LogP contribution in [0.4, 0.5) is 11.4 Å². The van der Waals surface area contributed by atoms with Crippen LogP contribution in [-0.2, 0) is 10.0 Å². The van der Waals surface area contributed by atoms with Crippen molar-refractivity contribution in [2.75, 3.05) is 11.1 Å². The fourth-order valence-corrected chi connectivity index (χ4v) is 2.80. The maximum atomic E-state index is 11.6. The zero-order chi connectivity index (χ0) is 14.2. The lowest BCUT2D eigenvalue weighted by Crippen LogP contribution is -2.14. The van der Waals surface area contributed by atoms with Crippen molar-refractivity contribution in [3.63, 3.8) is 0 Å². The van der Waals surface area contributed by atoms with Gasteiger partial charge in [0.2, 0.25) is 10.0 Å². The number of nitrogen functional groups attached to an aromatic ring is 1. The molecule has 0 amide bonds. The van der Waals surface area contributed by atoms with Gasteiger partial charge < -0.3 is 11.1 Å². The SMILES string of the molecule is CC(C)Nc1c(N)ccc2c(S(N)(=O)=O)cccc12. The minimum Gasteiger partial charge on any atom is -0.397 e. The summed E-state index contributed by atoms with van der Waals surface area (Å²) in [5, 5.41) is 9.79. The molecule has 0 aromatic heterocycles. The molecule has 0 radical (unpaired) electrons. The highest BCUT2D eigenvalue weighted by Crippen LogP contribution is 2.33. The lowest BCUT2D eigenvalue weighted by Gasteiger charge is -2.16. The lowest BCUT2D eigenvalue weighted by atomic mass is 10.1. The summed E-state index contributed by atoms with van der Waals surface area (Å²) in [7, 11) is -3.76. The van der Waals surface area contributed by atoms with E-state index in [1.807, 2.05) is 19.9 Å². The van der Waals surface area contributed by atoms with Crippen LogP contribution in [0.25, 0.3) is 10.8 Å². The van der Waals surface area contributed by atoms with Crippen LogP contribution in [0.5, 0.6) is 0 Å². The Hall–Kier alpha value is -1.79. The second kappa shape index (κ2) is 4.71. The summed E-state index contributed by atoms with van der Waals surface area (Å²) in [5.41, 5.74) is 7.26. The predicted octanol–water partition coefficient (Wildman–Crippen LogP) is 1.89. The van der Waals surface area contributed by atoms with Gasteiger partial charge in [0.25, 0.3) is 0 Å². The quantitative estimate of drug-likeness (QED) is 0.747. The minimum atomic E-state index is -3.76. The van der Waals surface area contributed by atoms with Crippen molar-refractivity contribution in [2.45, 2.75) is 24.8 Å². The van der Waals surface area contributed by atoms with E-state index >= 15 is 0 Å². The number of hydrogen-bond donors (Lipinski definition) is 3. The van der Waals surface area contributed by atoms with E-state index in [1.165, 1.54) is 6.07 Å². The molecular weight excluding hydrogens is 262 g/mol. The molecule has 0 heterocycles. The fraction of sp³-hybridized carbons (Fsp3) is 0.231. The van der Waals surface area contributed by atoms with Crippen LogP contribution in [-0.4, -0.2) is 14.5 Å². The summed E-state index contributed by atoms with van der Waals surface area (Å²) in [6.07, 6.45) is 0. The number of fused-ring (bicyclic) bond motifs is 1. The van der Waals surface area contributed by atoms with Gasteiger partial charge in [-0.3, -0.25) is 0 Å². The van der Waals surface area contributed by atoms with E-state index in [4.69, 9.17) is 10.9 Å². The number of hydrogen-bond acceptors (Lipinski definition) is 4. The number of primary sulfonamides is 1. The van der Waals surface area contributed by atoms with Crippen LogP contribution in [0.2, 0.25) is 0 Å². The molecule has 19 heavy (non-hydrogen) atoms. The van der Waals surface area contributed by atoms with Crippen molar-refractivity contribution in [1.82, 2.24) is 0 Å². The summed E-state index contributed by atoms with van der Waals surface area (Å²) in [4.78, 5) is 0.108. The highest BCUT2D eigenvalue weighted by atomic mass is 32.2. The third-order valence-corrected chi connectivity index (χ3v) is 3.76. The Balaban J connectivity index is 2.81. The van der Waals surface area contributed by atoms with Crippen LogP contribution in [0.3, 0.4) is 0 Å². The maximum absolute atomic E-state index is 11.6. The summed E-state index contributed by atoms with van der Waals surface area (Å²) in [6, 6.07) is 8.52. The molecule has 5 N–H and O–H groups in total. The molecule has 0 spiro atoms. The molecule has 2 aromatic carbocycles. The Kier molecular flexibility index (Phi) is 3.38. The topological polar surface area (TPSA) is 98.2 Å². The van der Waals surface area contributed by atoms with Crippen LogP contribution in [0.15, 0.2) is 35.2 Å².